The highest BCUT2D eigenvalue weighted by Crippen LogP contribution is 2.20. The van der Waals surface area contributed by atoms with Crippen LogP contribution in [0.1, 0.15) is 24.9 Å². The van der Waals surface area contributed by atoms with Crippen LogP contribution in [0.4, 0.5) is 0 Å². The summed E-state index contributed by atoms with van der Waals surface area (Å²) in [5.41, 5.74) is 0.735. The summed E-state index contributed by atoms with van der Waals surface area (Å²) in [5.74, 6) is 0.0654. The second kappa shape index (κ2) is 9.59. The van der Waals surface area contributed by atoms with E-state index in [2.05, 4.69) is 5.32 Å². The molecule has 0 radical (unpaired) electrons. The largest absolute Gasteiger partial charge is 0.497 e. The molecule has 0 aromatic heterocycles. The van der Waals surface area contributed by atoms with Crippen LogP contribution >= 0.6 is 0 Å². The van der Waals surface area contributed by atoms with E-state index in [1.165, 1.54) is 50.6 Å². The normalized spacial score (nSPS) is 13.1. The number of rotatable bonds is 9. The lowest BCUT2D eigenvalue weighted by Crippen LogP contribution is -2.39. The second-order valence-corrected chi connectivity index (χ2v) is 10.9. The van der Waals surface area contributed by atoms with Gasteiger partial charge in [-0.25, -0.2) is 16.8 Å². The van der Waals surface area contributed by atoms with Gasteiger partial charge in [0.15, 0.2) is 9.84 Å². The van der Waals surface area contributed by atoms with E-state index in [0.29, 0.717) is 12.2 Å². The molecule has 0 spiro atoms. The van der Waals surface area contributed by atoms with Crippen molar-refractivity contribution in [3.05, 3.63) is 54.1 Å². The van der Waals surface area contributed by atoms with E-state index in [0.717, 1.165) is 16.1 Å². The molecule has 1 atom stereocenters. The molecule has 8 nitrogen and oxygen atoms in total. The van der Waals surface area contributed by atoms with Gasteiger partial charge in [0.1, 0.15) is 5.75 Å². The predicted molar refractivity (Wildman–Crippen MR) is 114 cm³/mol. The number of carbonyl (C=O) groups excluding carboxylic acids is 1. The number of methoxy groups -OCH3 is 1. The molecule has 0 aliphatic heterocycles. The third-order valence-corrected chi connectivity index (χ3v) is 7.53. The first-order valence-corrected chi connectivity index (χ1v) is 12.5. The number of hydrogen-bond donors (Lipinski definition) is 1. The number of benzene rings is 2. The Bertz CT molecular complexity index is 1080. The molecule has 0 aliphatic carbocycles. The van der Waals surface area contributed by atoms with Crippen LogP contribution in [0.2, 0.25) is 0 Å². The molecule has 164 valence electrons. The maximum atomic E-state index is 12.7. The van der Waals surface area contributed by atoms with Crippen LogP contribution in [-0.2, 0) is 24.7 Å². The van der Waals surface area contributed by atoms with Crippen LogP contribution in [0.3, 0.4) is 0 Å². The highest BCUT2D eigenvalue weighted by Gasteiger charge is 2.24. The summed E-state index contributed by atoms with van der Waals surface area (Å²) >= 11 is 0. The molecule has 0 fully saturated rings. The molecule has 2 rings (SSSR count). The molecule has 0 saturated heterocycles. The Morgan fingerprint density at radius 3 is 2.00 bits per heavy atom. The van der Waals surface area contributed by atoms with Gasteiger partial charge in [-0.2, -0.15) is 4.31 Å². The number of sulfone groups is 1. The number of ether oxygens (including phenoxy) is 1. The lowest BCUT2D eigenvalue weighted by Gasteiger charge is -2.21. The third kappa shape index (κ3) is 5.80. The number of nitrogens with one attached hydrogen (secondary N) is 1. The molecule has 0 saturated carbocycles. The first-order valence-electron chi connectivity index (χ1n) is 9.18. The first-order chi connectivity index (χ1) is 14.0. The Kier molecular flexibility index (Phi) is 7.62. The zero-order chi connectivity index (χ0) is 22.5. The van der Waals surface area contributed by atoms with Crippen molar-refractivity contribution in [1.82, 2.24) is 9.62 Å². The summed E-state index contributed by atoms with van der Waals surface area (Å²) < 4.78 is 54.5. The van der Waals surface area contributed by atoms with Crippen LogP contribution in [0.5, 0.6) is 5.75 Å². The lowest BCUT2D eigenvalue weighted by atomic mass is 10.0. The summed E-state index contributed by atoms with van der Waals surface area (Å²) in [6.45, 7) is 1.51. The van der Waals surface area contributed by atoms with Crippen LogP contribution in [0, 0.1) is 0 Å². The molecule has 0 bridgehead atoms. The van der Waals surface area contributed by atoms with Gasteiger partial charge in [-0.1, -0.05) is 19.1 Å². The summed E-state index contributed by atoms with van der Waals surface area (Å²) in [5, 5.41) is 2.80. The van der Waals surface area contributed by atoms with Crippen molar-refractivity contribution >= 4 is 25.8 Å². The van der Waals surface area contributed by atoms with E-state index in [9.17, 15) is 21.6 Å². The van der Waals surface area contributed by atoms with Gasteiger partial charge in [-0.3, -0.25) is 4.79 Å². The summed E-state index contributed by atoms with van der Waals surface area (Å²) in [7, 11) is -4.33. The SMILES string of the molecule is CCC(NC(=O)CN(C)S(=O)(=O)c1ccc(OC)cc1)c1ccc(S(C)(=O)=O)cc1. The van der Waals surface area contributed by atoms with Crippen LogP contribution < -0.4 is 10.1 Å². The zero-order valence-corrected chi connectivity index (χ0v) is 19.0. The van der Waals surface area contributed by atoms with Crippen LogP contribution in [-0.4, -0.2) is 54.0 Å². The average molecular weight is 455 g/mol. The molecule has 1 amide bonds. The second-order valence-electron chi connectivity index (χ2n) is 6.81. The van der Waals surface area contributed by atoms with E-state index in [4.69, 9.17) is 4.74 Å². The minimum Gasteiger partial charge on any atom is -0.497 e. The zero-order valence-electron chi connectivity index (χ0n) is 17.3. The Hall–Kier alpha value is -2.43. The van der Waals surface area contributed by atoms with Gasteiger partial charge in [0.2, 0.25) is 15.9 Å². The molecule has 1 N–H and O–H groups in total. The molecule has 30 heavy (non-hydrogen) atoms. The third-order valence-electron chi connectivity index (χ3n) is 4.59. The fraction of sp³-hybridized carbons (Fsp3) is 0.350. The molecule has 0 aliphatic rings. The van der Waals surface area contributed by atoms with Crippen molar-refractivity contribution < 1.29 is 26.4 Å². The van der Waals surface area contributed by atoms with E-state index >= 15 is 0 Å². The lowest BCUT2D eigenvalue weighted by molar-refractivity contribution is -0.121. The van der Waals surface area contributed by atoms with Crippen molar-refractivity contribution in [2.75, 3.05) is 27.0 Å². The monoisotopic (exact) mass is 454 g/mol. The molecule has 2 aromatic rings. The van der Waals surface area contributed by atoms with Gasteiger partial charge in [0, 0.05) is 13.3 Å². The smallest absolute Gasteiger partial charge is 0.243 e. The van der Waals surface area contributed by atoms with E-state index < -0.39 is 25.8 Å². The van der Waals surface area contributed by atoms with E-state index in [1.54, 1.807) is 12.1 Å². The topological polar surface area (TPSA) is 110 Å². The van der Waals surface area contributed by atoms with Gasteiger partial charge in [-0.05, 0) is 48.4 Å². The number of amides is 1. The van der Waals surface area contributed by atoms with Crippen molar-refractivity contribution in [1.29, 1.82) is 0 Å². The predicted octanol–water partition coefficient (Wildman–Crippen LogP) is 1.99. The Labute approximate surface area is 177 Å². The van der Waals surface area contributed by atoms with Gasteiger partial charge in [0.05, 0.1) is 29.5 Å². The molecule has 2 aromatic carbocycles. The van der Waals surface area contributed by atoms with Gasteiger partial charge >= 0.3 is 0 Å². The molecular formula is C20H26N2O6S2. The first kappa shape index (κ1) is 23.8. The quantitative estimate of drug-likeness (QED) is 0.620. The fourth-order valence-electron chi connectivity index (χ4n) is 2.82. The molecular weight excluding hydrogens is 428 g/mol. The minimum atomic E-state index is -3.84. The number of nitrogens with zero attached hydrogens (tertiary/aromatic N) is 1. The fourth-order valence-corrected chi connectivity index (χ4v) is 4.58. The van der Waals surface area contributed by atoms with Crippen molar-refractivity contribution in [3.8, 4) is 5.75 Å². The van der Waals surface area contributed by atoms with Crippen LogP contribution in [0.25, 0.3) is 0 Å². The highest BCUT2D eigenvalue weighted by atomic mass is 32.2. The standard InChI is InChI=1S/C20H26N2O6S2/c1-5-19(15-6-10-17(11-7-15)29(4,24)25)21-20(23)14-22(2)30(26,27)18-12-8-16(28-3)9-13-18/h6-13,19H,5,14H2,1-4H3,(H,21,23). The van der Waals surface area contributed by atoms with Crippen molar-refractivity contribution in [2.45, 2.75) is 29.2 Å². The summed E-state index contributed by atoms with van der Waals surface area (Å²) in [6, 6.07) is 11.8. The maximum absolute atomic E-state index is 12.7. The Morgan fingerprint density at radius 2 is 1.53 bits per heavy atom. The van der Waals surface area contributed by atoms with Gasteiger partial charge in [0.25, 0.3) is 0 Å². The van der Waals surface area contributed by atoms with Crippen LogP contribution in [0.15, 0.2) is 58.3 Å². The Morgan fingerprint density at radius 1 is 1.00 bits per heavy atom. The highest BCUT2D eigenvalue weighted by molar-refractivity contribution is 7.90. The average Bonchev–Trinajstić information content (AvgIpc) is 2.71. The van der Waals surface area contributed by atoms with E-state index in [1.807, 2.05) is 6.92 Å². The number of hydrogen-bond acceptors (Lipinski definition) is 6. The number of sulfonamides is 1. The Balaban J connectivity index is 2.08. The van der Waals surface area contributed by atoms with Gasteiger partial charge in [-0.15, -0.1) is 0 Å². The molecule has 10 heteroatoms. The van der Waals surface area contributed by atoms with E-state index in [-0.39, 0.29) is 22.4 Å². The maximum Gasteiger partial charge on any atom is 0.243 e. The summed E-state index contributed by atoms with van der Waals surface area (Å²) in [4.78, 5) is 12.7. The minimum absolute atomic E-state index is 0.0574. The summed E-state index contributed by atoms with van der Waals surface area (Å²) in [6.07, 6.45) is 1.68. The van der Waals surface area contributed by atoms with Gasteiger partial charge < -0.3 is 10.1 Å². The molecule has 0 heterocycles. The number of likely N-dealkylation sites (N-methyl/N-ethyl adjacent to an activating group) is 1. The van der Waals surface area contributed by atoms with Crippen molar-refractivity contribution in [2.24, 2.45) is 0 Å². The van der Waals surface area contributed by atoms with Crippen molar-refractivity contribution in [3.63, 3.8) is 0 Å². The molecule has 1 unspecified atom stereocenters. The number of carbonyl (C=O) groups is 1.